The molecule has 1 rings (SSSR count). The van der Waals surface area contributed by atoms with Gasteiger partial charge in [-0.1, -0.05) is 34.9 Å². The van der Waals surface area contributed by atoms with Crippen LogP contribution in [0.4, 0.5) is 0 Å². The van der Waals surface area contributed by atoms with Gasteiger partial charge < -0.3 is 26.3 Å². The van der Waals surface area contributed by atoms with Crippen LogP contribution in [0.1, 0.15) is 17.3 Å². The Bertz CT molecular complexity index is 437. The molecule has 0 aliphatic heterocycles. The van der Waals surface area contributed by atoms with Gasteiger partial charge in [-0.3, -0.25) is 4.21 Å². The van der Waals surface area contributed by atoms with Gasteiger partial charge in [0.05, 0.1) is 5.56 Å². The van der Waals surface area contributed by atoms with Crippen LogP contribution in [0.5, 0.6) is 0 Å². The zero-order valence-corrected chi connectivity index (χ0v) is 14.3. The Kier molecular flexibility index (Phi) is 12.9. The normalized spacial score (nSPS) is 11.8. The van der Waals surface area contributed by atoms with E-state index in [1.165, 1.54) is 0 Å². The molecule has 1 aromatic rings. The molecule has 1 aromatic carbocycles. The first kappa shape index (κ1) is 21.1. The Balaban J connectivity index is 0. The molecule has 0 heterocycles. The first-order valence-electron chi connectivity index (χ1n) is 5.03. The topological polar surface area (TPSA) is 66.4 Å². The first-order valence-corrected chi connectivity index (χ1v) is 6.27. The van der Waals surface area contributed by atoms with Crippen LogP contribution < -0.4 is 17.0 Å². The minimum atomic E-state index is -2.10. The summed E-state index contributed by atoms with van der Waals surface area (Å²) in [7, 11) is 0. The minimum absolute atomic E-state index is 0. The Morgan fingerprint density at radius 1 is 1.37 bits per heavy atom. The molecule has 0 fully saturated rings. The van der Waals surface area contributed by atoms with Crippen LogP contribution in [-0.4, -0.2) is 50.1 Å². The standard InChI is InChI=1S/C12H14O4S.BrH.Mg/c1-10(9-17(14)15)7-8-16-12(13)11-5-3-2-4-6-11;;/h2-7H,8-9H2,1H3,(H,14,15);1H;/q;;+2/p-2/b10-7-;;. The van der Waals surface area contributed by atoms with E-state index in [-0.39, 0.29) is 52.4 Å². The summed E-state index contributed by atoms with van der Waals surface area (Å²) in [6.45, 7) is 1.75. The van der Waals surface area contributed by atoms with E-state index >= 15 is 0 Å². The third-order valence-corrected chi connectivity index (χ3v) is 2.69. The average Bonchev–Trinajstić information content (AvgIpc) is 2.29. The Morgan fingerprint density at radius 3 is 2.47 bits per heavy atom. The number of halogens is 1. The quantitative estimate of drug-likeness (QED) is 0.272. The molecule has 0 spiro atoms. The van der Waals surface area contributed by atoms with E-state index in [2.05, 4.69) is 0 Å². The van der Waals surface area contributed by atoms with Gasteiger partial charge in [-0.25, -0.2) is 4.79 Å². The summed E-state index contributed by atoms with van der Waals surface area (Å²) in [5, 5.41) is 0. The molecule has 100 valence electrons. The summed E-state index contributed by atoms with van der Waals surface area (Å²) in [6, 6.07) is 8.62. The zero-order chi connectivity index (χ0) is 12.7. The van der Waals surface area contributed by atoms with E-state index in [4.69, 9.17) is 4.74 Å². The summed E-state index contributed by atoms with van der Waals surface area (Å²) in [5.41, 5.74) is 1.13. The summed E-state index contributed by atoms with van der Waals surface area (Å²) < 4.78 is 25.7. The molecule has 0 amide bonds. The molecule has 19 heavy (non-hydrogen) atoms. The minimum Gasteiger partial charge on any atom is -1.00 e. The second-order valence-electron chi connectivity index (χ2n) is 3.46. The zero-order valence-electron chi connectivity index (χ0n) is 10.5. The molecule has 0 radical (unpaired) electrons. The summed E-state index contributed by atoms with van der Waals surface area (Å²) in [6.07, 6.45) is 1.58. The van der Waals surface area contributed by atoms with E-state index in [9.17, 15) is 13.6 Å². The van der Waals surface area contributed by atoms with Gasteiger partial charge >= 0.3 is 29.0 Å². The van der Waals surface area contributed by atoms with Crippen molar-refractivity contribution in [1.29, 1.82) is 0 Å². The van der Waals surface area contributed by atoms with Crippen LogP contribution >= 0.6 is 0 Å². The molecule has 0 saturated carbocycles. The van der Waals surface area contributed by atoms with E-state index in [1.807, 2.05) is 6.07 Å². The number of hydrogen-bond acceptors (Lipinski definition) is 4. The number of carbonyl (C=O) groups excluding carboxylic acids is 1. The second-order valence-corrected chi connectivity index (χ2v) is 4.36. The number of hydrogen-bond donors (Lipinski definition) is 0. The first-order chi connectivity index (χ1) is 8.09. The largest absolute Gasteiger partial charge is 2.00 e. The van der Waals surface area contributed by atoms with Crippen molar-refractivity contribution in [2.24, 2.45) is 0 Å². The SMILES string of the molecule is C/C(=C/COC(=O)c1ccccc1)CS(=O)[O-].[Br-].[Mg+2]. The third kappa shape index (κ3) is 9.34. The van der Waals surface area contributed by atoms with E-state index in [0.29, 0.717) is 11.1 Å². The molecule has 0 aliphatic rings. The van der Waals surface area contributed by atoms with Gasteiger partial charge in [-0.05, 0) is 25.1 Å². The molecular formula is C12H13BrMgO4S. The van der Waals surface area contributed by atoms with Gasteiger partial charge in [-0.2, -0.15) is 0 Å². The van der Waals surface area contributed by atoms with Gasteiger partial charge in [0.1, 0.15) is 6.61 Å². The summed E-state index contributed by atoms with van der Waals surface area (Å²) in [5.74, 6) is -0.457. The van der Waals surface area contributed by atoms with Crippen molar-refractivity contribution < 1.29 is 35.3 Å². The van der Waals surface area contributed by atoms with Crippen LogP contribution in [0.2, 0.25) is 0 Å². The third-order valence-electron chi connectivity index (χ3n) is 2.00. The molecule has 7 heteroatoms. The number of ether oxygens (including phenoxy) is 1. The Hall–Kier alpha value is -0.214. The fraction of sp³-hybridized carbons (Fsp3) is 0.250. The van der Waals surface area contributed by atoms with Crippen LogP contribution in [0.3, 0.4) is 0 Å². The second kappa shape index (κ2) is 11.6. The van der Waals surface area contributed by atoms with Gasteiger partial charge in [0, 0.05) is 5.75 Å². The predicted molar refractivity (Wildman–Crippen MR) is 70.0 cm³/mol. The van der Waals surface area contributed by atoms with Crippen molar-refractivity contribution >= 4 is 40.1 Å². The number of carbonyl (C=O) groups is 1. The maximum absolute atomic E-state index is 11.5. The molecule has 0 saturated heterocycles. The molecule has 0 N–H and O–H groups in total. The van der Waals surface area contributed by atoms with Gasteiger partial charge in [-0.15, -0.1) is 0 Å². The maximum Gasteiger partial charge on any atom is 2.00 e. The molecule has 4 nitrogen and oxygen atoms in total. The Labute approximate surface area is 141 Å². The van der Waals surface area contributed by atoms with Gasteiger partial charge in [0.15, 0.2) is 0 Å². The van der Waals surface area contributed by atoms with Crippen LogP contribution in [0.25, 0.3) is 0 Å². The monoisotopic (exact) mass is 356 g/mol. The van der Waals surface area contributed by atoms with Crippen LogP contribution in [0, 0.1) is 0 Å². The predicted octanol–water partition coefficient (Wildman–Crippen LogP) is -1.71. The van der Waals surface area contributed by atoms with Crippen molar-refractivity contribution in [1.82, 2.24) is 0 Å². The van der Waals surface area contributed by atoms with Crippen LogP contribution in [0.15, 0.2) is 42.0 Å². The average molecular weight is 358 g/mol. The smallest absolute Gasteiger partial charge is 1.00 e. The van der Waals surface area contributed by atoms with E-state index in [1.54, 1.807) is 37.3 Å². The molecule has 1 atom stereocenters. The summed E-state index contributed by atoms with van der Waals surface area (Å²) in [4.78, 5) is 11.5. The van der Waals surface area contributed by atoms with E-state index < -0.39 is 17.0 Å². The van der Waals surface area contributed by atoms with Crippen LogP contribution in [-0.2, 0) is 15.8 Å². The summed E-state index contributed by atoms with van der Waals surface area (Å²) >= 11 is -2.10. The fourth-order valence-corrected chi connectivity index (χ4v) is 1.65. The van der Waals surface area contributed by atoms with Crippen molar-refractivity contribution in [2.45, 2.75) is 6.92 Å². The van der Waals surface area contributed by atoms with Gasteiger partial charge in [0.25, 0.3) is 0 Å². The van der Waals surface area contributed by atoms with Gasteiger partial charge in [0.2, 0.25) is 0 Å². The van der Waals surface area contributed by atoms with Crippen molar-refractivity contribution in [2.75, 3.05) is 12.4 Å². The fourth-order valence-electron chi connectivity index (χ4n) is 1.16. The van der Waals surface area contributed by atoms with Crippen molar-refractivity contribution in [3.05, 3.63) is 47.5 Å². The number of esters is 1. The van der Waals surface area contributed by atoms with E-state index in [0.717, 1.165) is 0 Å². The molecule has 1 unspecified atom stereocenters. The number of rotatable bonds is 5. The molecule has 0 aromatic heterocycles. The molecule has 0 aliphatic carbocycles. The molecule has 0 bridgehead atoms. The molecular weight excluding hydrogens is 344 g/mol. The Morgan fingerprint density at radius 2 is 1.95 bits per heavy atom. The van der Waals surface area contributed by atoms with Crippen molar-refractivity contribution in [3.8, 4) is 0 Å². The van der Waals surface area contributed by atoms with Crippen molar-refractivity contribution in [3.63, 3.8) is 0 Å². The maximum atomic E-state index is 11.5. The number of benzene rings is 1.